The Morgan fingerprint density at radius 2 is 1.81 bits per heavy atom. The standard InChI is InChI=1S/C15H19FN2O2S/c1-11-8-14(12(2)18(11)3)9-17-21(19,20)10-13-4-6-15(16)7-5-13/h4-8,17H,9-10H2,1-3H3. The third kappa shape index (κ3) is 3.92. The molecule has 114 valence electrons. The van der Waals surface area contributed by atoms with Gasteiger partial charge in [-0.1, -0.05) is 12.1 Å². The summed E-state index contributed by atoms with van der Waals surface area (Å²) in [5.74, 6) is -0.530. The molecule has 0 saturated carbocycles. The molecule has 6 heteroatoms. The highest BCUT2D eigenvalue weighted by atomic mass is 32.2. The molecule has 0 aliphatic heterocycles. The lowest BCUT2D eigenvalue weighted by molar-refractivity contribution is 0.580. The van der Waals surface area contributed by atoms with Crippen LogP contribution >= 0.6 is 0 Å². The number of rotatable bonds is 5. The molecule has 2 aromatic rings. The zero-order valence-electron chi connectivity index (χ0n) is 12.4. The number of aromatic nitrogens is 1. The summed E-state index contributed by atoms with van der Waals surface area (Å²) in [6, 6.07) is 7.44. The fourth-order valence-electron chi connectivity index (χ4n) is 2.15. The molecule has 0 atom stereocenters. The molecule has 0 unspecified atom stereocenters. The third-order valence-corrected chi connectivity index (χ3v) is 4.93. The second-order valence-corrected chi connectivity index (χ2v) is 6.97. The first kappa shape index (κ1) is 15.7. The predicted octanol–water partition coefficient (Wildman–Crippen LogP) is 2.40. The molecular formula is C15H19FN2O2S. The van der Waals surface area contributed by atoms with Crippen LogP contribution in [0.3, 0.4) is 0 Å². The Morgan fingerprint density at radius 1 is 1.19 bits per heavy atom. The summed E-state index contributed by atoms with van der Waals surface area (Å²) in [7, 11) is -1.50. The van der Waals surface area contributed by atoms with Crippen LogP contribution in [-0.2, 0) is 29.4 Å². The molecule has 4 nitrogen and oxygen atoms in total. The molecule has 0 amide bonds. The normalized spacial score (nSPS) is 11.8. The van der Waals surface area contributed by atoms with Crippen molar-refractivity contribution < 1.29 is 12.8 Å². The third-order valence-electron chi connectivity index (χ3n) is 3.63. The van der Waals surface area contributed by atoms with E-state index in [0.717, 1.165) is 17.0 Å². The summed E-state index contributed by atoms with van der Waals surface area (Å²) in [6.45, 7) is 4.19. The Bertz CT molecular complexity index is 734. The highest BCUT2D eigenvalue weighted by Crippen LogP contribution is 2.14. The van der Waals surface area contributed by atoms with Crippen molar-refractivity contribution in [1.82, 2.24) is 9.29 Å². The van der Waals surface area contributed by atoms with E-state index in [0.29, 0.717) is 5.56 Å². The zero-order valence-corrected chi connectivity index (χ0v) is 13.2. The Hall–Kier alpha value is -1.66. The minimum absolute atomic E-state index is 0.155. The van der Waals surface area contributed by atoms with Gasteiger partial charge in [0.15, 0.2) is 0 Å². The van der Waals surface area contributed by atoms with Gasteiger partial charge in [0.25, 0.3) is 0 Å². The summed E-state index contributed by atoms with van der Waals surface area (Å²) in [5, 5.41) is 0. The molecule has 0 aliphatic rings. The van der Waals surface area contributed by atoms with E-state index in [1.165, 1.54) is 24.3 Å². The number of hydrogen-bond acceptors (Lipinski definition) is 2. The monoisotopic (exact) mass is 310 g/mol. The van der Waals surface area contributed by atoms with Crippen molar-refractivity contribution in [3.8, 4) is 0 Å². The van der Waals surface area contributed by atoms with Gasteiger partial charge >= 0.3 is 0 Å². The maximum atomic E-state index is 12.8. The van der Waals surface area contributed by atoms with E-state index >= 15 is 0 Å². The minimum Gasteiger partial charge on any atom is -0.352 e. The number of nitrogens with one attached hydrogen (secondary N) is 1. The minimum atomic E-state index is -3.45. The molecule has 1 aromatic heterocycles. The maximum absolute atomic E-state index is 12.8. The topological polar surface area (TPSA) is 51.1 Å². The Labute approximate surface area is 124 Å². The van der Waals surface area contributed by atoms with E-state index in [2.05, 4.69) is 4.72 Å². The summed E-state index contributed by atoms with van der Waals surface area (Å²) in [5.41, 5.74) is 3.64. The van der Waals surface area contributed by atoms with Gasteiger partial charge in [-0.15, -0.1) is 0 Å². The van der Waals surface area contributed by atoms with Crippen LogP contribution in [0.25, 0.3) is 0 Å². The van der Waals surface area contributed by atoms with Gasteiger partial charge in [-0.05, 0) is 43.2 Å². The molecular weight excluding hydrogens is 291 g/mol. The van der Waals surface area contributed by atoms with Gasteiger partial charge in [-0.2, -0.15) is 0 Å². The lowest BCUT2D eigenvalue weighted by Gasteiger charge is -2.07. The molecule has 1 N–H and O–H groups in total. The summed E-state index contributed by atoms with van der Waals surface area (Å²) in [6.07, 6.45) is 0. The van der Waals surface area contributed by atoms with Gasteiger partial charge in [0, 0.05) is 25.0 Å². The van der Waals surface area contributed by atoms with Crippen LogP contribution in [0.15, 0.2) is 30.3 Å². The lowest BCUT2D eigenvalue weighted by atomic mass is 10.2. The zero-order chi connectivity index (χ0) is 15.6. The van der Waals surface area contributed by atoms with Gasteiger partial charge in [0.05, 0.1) is 5.75 Å². The van der Waals surface area contributed by atoms with Crippen LogP contribution in [0.5, 0.6) is 0 Å². The SMILES string of the molecule is Cc1cc(CNS(=O)(=O)Cc2ccc(F)cc2)c(C)n1C. The fraction of sp³-hybridized carbons (Fsp3) is 0.333. The second-order valence-electron chi connectivity index (χ2n) is 5.16. The number of halogens is 1. The second kappa shape index (κ2) is 5.99. The molecule has 0 spiro atoms. The van der Waals surface area contributed by atoms with E-state index in [9.17, 15) is 12.8 Å². The van der Waals surface area contributed by atoms with Crippen molar-refractivity contribution in [1.29, 1.82) is 0 Å². The molecule has 21 heavy (non-hydrogen) atoms. The molecule has 0 radical (unpaired) electrons. The average Bonchev–Trinajstić information content (AvgIpc) is 2.66. The largest absolute Gasteiger partial charge is 0.352 e. The first-order valence-corrected chi connectivity index (χ1v) is 8.27. The number of benzene rings is 1. The van der Waals surface area contributed by atoms with Crippen LogP contribution in [-0.4, -0.2) is 13.0 Å². The van der Waals surface area contributed by atoms with Gasteiger partial charge in [0.2, 0.25) is 10.0 Å². The van der Waals surface area contributed by atoms with Crippen molar-refractivity contribution in [2.45, 2.75) is 26.1 Å². The number of aryl methyl sites for hydroxylation is 1. The van der Waals surface area contributed by atoms with E-state index in [1.807, 2.05) is 31.5 Å². The first-order chi connectivity index (χ1) is 9.78. The number of hydrogen-bond donors (Lipinski definition) is 1. The van der Waals surface area contributed by atoms with Crippen molar-refractivity contribution in [3.05, 3.63) is 58.7 Å². The van der Waals surface area contributed by atoms with Crippen LogP contribution in [0, 0.1) is 19.7 Å². The lowest BCUT2D eigenvalue weighted by Crippen LogP contribution is -2.24. The van der Waals surface area contributed by atoms with E-state index in [-0.39, 0.29) is 18.1 Å². The molecule has 1 aromatic carbocycles. The summed E-state index contributed by atoms with van der Waals surface area (Å²) in [4.78, 5) is 0. The van der Waals surface area contributed by atoms with Crippen molar-refractivity contribution in [2.24, 2.45) is 7.05 Å². The van der Waals surface area contributed by atoms with Gasteiger partial charge < -0.3 is 4.57 Å². The molecule has 2 rings (SSSR count). The van der Waals surface area contributed by atoms with Crippen LogP contribution < -0.4 is 4.72 Å². The molecule has 1 heterocycles. The van der Waals surface area contributed by atoms with Crippen molar-refractivity contribution in [2.75, 3.05) is 0 Å². The predicted molar refractivity (Wildman–Crippen MR) is 80.8 cm³/mol. The number of nitrogens with zero attached hydrogens (tertiary/aromatic N) is 1. The molecule has 0 fully saturated rings. The molecule has 0 bridgehead atoms. The molecule has 0 aliphatic carbocycles. The highest BCUT2D eigenvalue weighted by molar-refractivity contribution is 7.88. The van der Waals surface area contributed by atoms with Crippen LogP contribution in [0.2, 0.25) is 0 Å². The summed E-state index contributed by atoms with van der Waals surface area (Å²) >= 11 is 0. The van der Waals surface area contributed by atoms with Gasteiger partial charge in [-0.3, -0.25) is 0 Å². The quantitative estimate of drug-likeness (QED) is 0.922. The maximum Gasteiger partial charge on any atom is 0.216 e. The summed E-state index contributed by atoms with van der Waals surface area (Å²) < 4.78 is 41.5. The van der Waals surface area contributed by atoms with Crippen molar-refractivity contribution >= 4 is 10.0 Å². The van der Waals surface area contributed by atoms with E-state index < -0.39 is 10.0 Å². The van der Waals surface area contributed by atoms with Crippen LogP contribution in [0.4, 0.5) is 4.39 Å². The van der Waals surface area contributed by atoms with E-state index in [1.54, 1.807) is 0 Å². The smallest absolute Gasteiger partial charge is 0.216 e. The Kier molecular flexibility index (Phi) is 4.49. The van der Waals surface area contributed by atoms with E-state index in [4.69, 9.17) is 0 Å². The fourth-order valence-corrected chi connectivity index (χ4v) is 3.26. The molecule has 0 saturated heterocycles. The first-order valence-electron chi connectivity index (χ1n) is 6.62. The highest BCUT2D eigenvalue weighted by Gasteiger charge is 2.13. The van der Waals surface area contributed by atoms with Crippen LogP contribution in [0.1, 0.15) is 22.5 Å². The van der Waals surface area contributed by atoms with Gasteiger partial charge in [0.1, 0.15) is 5.82 Å². The average molecular weight is 310 g/mol. The Balaban J connectivity index is 2.04. The van der Waals surface area contributed by atoms with Gasteiger partial charge in [-0.25, -0.2) is 17.5 Å². The Morgan fingerprint density at radius 3 is 2.33 bits per heavy atom. The number of sulfonamides is 1. The van der Waals surface area contributed by atoms with Crippen molar-refractivity contribution in [3.63, 3.8) is 0 Å².